The van der Waals surface area contributed by atoms with Gasteiger partial charge in [-0.25, -0.2) is 4.98 Å². The molecule has 0 saturated carbocycles. The molecule has 0 radical (unpaired) electrons. The minimum Gasteiger partial charge on any atom is -0.466 e. The van der Waals surface area contributed by atoms with Crippen molar-refractivity contribution in [2.75, 3.05) is 26.7 Å². The van der Waals surface area contributed by atoms with Gasteiger partial charge >= 0.3 is 5.97 Å². The van der Waals surface area contributed by atoms with E-state index in [1.54, 1.807) is 13.3 Å². The van der Waals surface area contributed by atoms with Gasteiger partial charge in [-0.3, -0.25) is 9.79 Å². The van der Waals surface area contributed by atoms with E-state index in [0.29, 0.717) is 25.6 Å². The van der Waals surface area contributed by atoms with Gasteiger partial charge in [0.05, 0.1) is 24.8 Å². The number of aryl methyl sites for hydroxylation is 1. The number of carbonyl (C=O) groups is 1. The van der Waals surface area contributed by atoms with Gasteiger partial charge in [0, 0.05) is 25.7 Å². The van der Waals surface area contributed by atoms with Gasteiger partial charge in [0.15, 0.2) is 5.96 Å². The molecule has 2 aromatic rings. The van der Waals surface area contributed by atoms with Crippen LogP contribution in [0.15, 0.2) is 39.9 Å². The van der Waals surface area contributed by atoms with Crippen molar-refractivity contribution in [1.29, 1.82) is 0 Å². The number of likely N-dealkylation sites (tertiary alicyclic amines) is 1. The number of rotatable bonds is 5. The number of aromatic nitrogens is 1. The first kappa shape index (κ1) is 19.9. The molecule has 1 N–H and O–H groups in total. The molecule has 3 rings (SSSR count). The summed E-state index contributed by atoms with van der Waals surface area (Å²) in [5, 5.41) is 3.32. The second-order valence-corrected chi connectivity index (χ2v) is 6.95. The van der Waals surface area contributed by atoms with E-state index >= 15 is 0 Å². The summed E-state index contributed by atoms with van der Waals surface area (Å²) in [6, 6.07) is 8.08. The van der Waals surface area contributed by atoms with Crippen LogP contribution in [0.1, 0.15) is 31.0 Å². The van der Waals surface area contributed by atoms with Crippen LogP contribution in [0.2, 0.25) is 0 Å². The average Bonchev–Trinajstić information content (AvgIpc) is 3.18. The van der Waals surface area contributed by atoms with E-state index in [1.807, 2.05) is 38.1 Å². The lowest BCUT2D eigenvalue weighted by atomic mass is 9.98. The highest BCUT2D eigenvalue weighted by atomic mass is 16.5. The lowest BCUT2D eigenvalue weighted by Gasteiger charge is -2.33. The number of piperidine rings is 1. The second-order valence-electron chi connectivity index (χ2n) is 6.95. The minimum absolute atomic E-state index is 0.104. The van der Waals surface area contributed by atoms with Crippen LogP contribution in [0.3, 0.4) is 0 Å². The fourth-order valence-corrected chi connectivity index (χ4v) is 3.34. The Labute approximate surface area is 165 Å². The number of nitrogens with one attached hydrogen (secondary N) is 1. The first-order chi connectivity index (χ1) is 13.6. The first-order valence-corrected chi connectivity index (χ1v) is 9.74. The van der Waals surface area contributed by atoms with Crippen molar-refractivity contribution < 1.29 is 13.9 Å². The third kappa shape index (κ3) is 4.91. The predicted molar refractivity (Wildman–Crippen MR) is 108 cm³/mol. The highest BCUT2D eigenvalue weighted by molar-refractivity contribution is 5.81. The zero-order valence-electron chi connectivity index (χ0n) is 16.8. The Balaban J connectivity index is 1.58. The van der Waals surface area contributed by atoms with Crippen molar-refractivity contribution in [2.24, 2.45) is 10.9 Å². The molecule has 1 aromatic heterocycles. The molecule has 1 aromatic carbocycles. The SMILES string of the molecule is CCOC(=O)C1CCCN(C(=NC)NCc2coc(-c3ccc(C)cc3)n2)C1. The van der Waals surface area contributed by atoms with E-state index in [1.165, 1.54) is 5.56 Å². The lowest BCUT2D eigenvalue weighted by molar-refractivity contribution is -0.149. The van der Waals surface area contributed by atoms with Gasteiger partial charge in [0.25, 0.3) is 0 Å². The number of ether oxygens (including phenoxy) is 1. The van der Waals surface area contributed by atoms with Crippen molar-refractivity contribution in [2.45, 2.75) is 33.2 Å². The van der Waals surface area contributed by atoms with E-state index < -0.39 is 0 Å². The van der Waals surface area contributed by atoms with E-state index in [-0.39, 0.29) is 11.9 Å². The molecule has 1 aliphatic heterocycles. The minimum atomic E-state index is -0.123. The van der Waals surface area contributed by atoms with Crippen LogP contribution in [-0.4, -0.2) is 48.6 Å². The molecule has 0 aliphatic carbocycles. The molecular formula is C21H28N4O3. The molecule has 28 heavy (non-hydrogen) atoms. The van der Waals surface area contributed by atoms with Crippen molar-refractivity contribution in [1.82, 2.24) is 15.2 Å². The number of oxazole rings is 1. The van der Waals surface area contributed by atoms with Crippen LogP contribution in [0, 0.1) is 12.8 Å². The van der Waals surface area contributed by atoms with E-state index in [4.69, 9.17) is 9.15 Å². The summed E-state index contributed by atoms with van der Waals surface area (Å²) in [6.45, 7) is 6.28. The summed E-state index contributed by atoms with van der Waals surface area (Å²) in [5.41, 5.74) is 2.95. The molecule has 1 aliphatic rings. The Bertz CT molecular complexity index is 813. The number of guanidine groups is 1. The van der Waals surface area contributed by atoms with Crippen molar-refractivity contribution >= 4 is 11.9 Å². The topological polar surface area (TPSA) is 80.0 Å². The van der Waals surface area contributed by atoms with Gasteiger partial charge in [-0.1, -0.05) is 17.7 Å². The zero-order valence-corrected chi connectivity index (χ0v) is 16.8. The predicted octanol–water partition coefficient (Wildman–Crippen LogP) is 3.00. The van der Waals surface area contributed by atoms with Crippen LogP contribution < -0.4 is 5.32 Å². The molecule has 0 amide bonds. The number of nitrogens with zero attached hydrogens (tertiary/aromatic N) is 3. The zero-order chi connectivity index (χ0) is 19.9. The summed E-state index contributed by atoms with van der Waals surface area (Å²) in [4.78, 5) is 23.1. The normalized spacial score (nSPS) is 17.5. The first-order valence-electron chi connectivity index (χ1n) is 9.74. The Morgan fingerprint density at radius 1 is 1.39 bits per heavy atom. The van der Waals surface area contributed by atoms with Crippen LogP contribution >= 0.6 is 0 Å². The van der Waals surface area contributed by atoms with Gasteiger partial charge in [-0.15, -0.1) is 0 Å². The Morgan fingerprint density at radius 2 is 2.18 bits per heavy atom. The number of aliphatic imine (C=N–C) groups is 1. The molecule has 1 unspecified atom stereocenters. The molecule has 1 fully saturated rings. The third-order valence-electron chi connectivity index (χ3n) is 4.83. The molecular weight excluding hydrogens is 356 g/mol. The number of carbonyl (C=O) groups excluding carboxylic acids is 1. The van der Waals surface area contributed by atoms with Crippen LogP contribution in [0.4, 0.5) is 0 Å². The van der Waals surface area contributed by atoms with Crippen LogP contribution in [-0.2, 0) is 16.1 Å². The molecule has 2 heterocycles. The Hall–Kier alpha value is -2.83. The summed E-state index contributed by atoms with van der Waals surface area (Å²) in [7, 11) is 1.75. The summed E-state index contributed by atoms with van der Waals surface area (Å²) in [5.74, 6) is 1.13. The second kappa shape index (κ2) is 9.39. The Morgan fingerprint density at radius 3 is 2.89 bits per heavy atom. The van der Waals surface area contributed by atoms with Gasteiger partial charge in [-0.05, 0) is 38.8 Å². The number of esters is 1. The average molecular weight is 384 g/mol. The maximum atomic E-state index is 12.1. The molecule has 7 nitrogen and oxygen atoms in total. The molecule has 1 atom stereocenters. The Kier molecular flexibility index (Phi) is 6.68. The maximum Gasteiger partial charge on any atom is 0.310 e. The van der Waals surface area contributed by atoms with Gasteiger partial charge in [-0.2, -0.15) is 0 Å². The van der Waals surface area contributed by atoms with Gasteiger partial charge in [0.1, 0.15) is 6.26 Å². The monoisotopic (exact) mass is 384 g/mol. The number of benzene rings is 1. The van der Waals surface area contributed by atoms with Crippen molar-refractivity contribution in [3.05, 3.63) is 41.8 Å². The van der Waals surface area contributed by atoms with E-state index in [2.05, 4.69) is 20.2 Å². The van der Waals surface area contributed by atoms with Gasteiger partial charge < -0.3 is 19.4 Å². The molecule has 7 heteroatoms. The molecule has 150 valence electrons. The van der Waals surface area contributed by atoms with Crippen LogP contribution in [0.25, 0.3) is 11.5 Å². The third-order valence-corrected chi connectivity index (χ3v) is 4.83. The number of hydrogen-bond donors (Lipinski definition) is 1. The summed E-state index contributed by atoms with van der Waals surface area (Å²) in [6.07, 6.45) is 3.45. The van der Waals surface area contributed by atoms with E-state index in [9.17, 15) is 4.79 Å². The molecule has 0 spiro atoms. The van der Waals surface area contributed by atoms with Crippen LogP contribution in [0.5, 0.6) is 0 Å². The number of hydrogen-bond acceptors (Lipinski definition) is 5. The summed E-state index contributed by atoms with van der Waals surface area (Å²) < 4.78 is 10.8. The van der Waals surface area contributed by atoms with Crippen molar-refractivity contribution in [3.8, 4) is 11.5 Å². The van der Waals surface area contributed by atoms with E-state index in [0.717, 1.165) is 36.6 Å². The maximum absolute atomic E-state index is 12.1. The summed E-state index contributed by atoms with van der Waals surface area (Å²) >= 11 is 0. The highest BCUT2D eigenvalue weighted by Crippen LogP contribution is 2.20. The van der Waals surface area contributed by atoms with Crippen molar-refractivity contribution in [3.63, 3.8) is 0 Å². The largest absolute Gasteiger partial charge is 0.466 e. The smallest absolute Gasteiger partial charge is 0.310 e. The molecule has 1 saturated heterocycles. The quantitative estimate of drug-likeness (QED) is 0.485. The fraction of sp³-hybridized carbons (Fsp3) is 0.476. The lowest BCUT2D eigenvalue weighted by Crippen LogP contribution is -2.48. The highest BCUT2D eigenvalue weighted by Gasteiger charge is 2.28. The fourth-order valence-electron chi connectivity index (χ4n) is 3.34. The molecule has 0 bridgehead atoms. The standard InChI is InChI=1S/C21H28N4O3/c1-4-27-20(26)17-6-5-11-25(13-17)21(22-3)23-12-18-14-28-19(24-18)16-9-7-15(2)8-10-16/h7-10,14,17H,4-6,11-13H2,1-3H3,(H,22,23). The van der Waals surface area contributed by atoms with Gasteiger partial charge in [0.2, 0.25) is 5.89 Å².